The Morgan fingerprint density at radius 2 is 2.12 bits per heavy atom. The van der Waals surface area contributed by atoms with E-state index in [1.807, 2.05) is 17.0 Å². The van der Waals surface area contributed by atoms with Crippen molar-refractivity contribution >= 4 is 5.91 Å². The topological polar surface area (TPSA) is 75.4 Å². The Kier molecular flexibility index (Phi) is 4.48. The van der Waals surface area contributed by atoms with Gasteiger partial charge in [-0.2, -0.15) is 4.98 Å². The summed E-state index contributed by atoms with van der Waals surface area (Å²) >= 11 is 0. The molecule has 0 N–H and O–H groups in total. The van der Waals surface area contributed by atoms with E-state index in [0.717, 1.165) is 31.9 Å². The van der Waals surface area contributed by atoms with Gasteiger partial charge in [0.25, 0.3) is 5.91 Å². The van der Waals surface area contributed by atoms with E-state index in [0.29, 0.717) is 24.0 Å². The standard InChI is InChI=1S/C18H23N5O2/c1-13(17-20-16(21-25-17)14-6-7-14)22-9-4-10-23(12-11-22)18(24)15-5-2-3-8-19-15/h2-3,5,8,13-14H,4,6-7,9-12H2,1H3/t13-/m1/s1. The molecule has 1 aliphatic heterocycles. The summed E-state index contributed by atoms with van der Waals surface area (Å²) in [6.45, 7) is 5.23. The monoisotopic (exact) mass is 341 g/mol. The molecule has 1 amide bonds. The van der Waals surface area contributed by atoms with E-state index in [4.69, 9.17) is 4.52 Å². The first-order valence-corrected chi connectivity index (χ1v) is 9.00. The minimum atomic E-state index is 0.00362. The summed E-state index contributed by atoms with van der Waals surface area (Å²) in [5.74, 6) is 2.04. The molecule has 0 unspecified atom stereocenters. The second kappa shape index (κ2) is 6.92. The molecule has 2 fully saturated rings. The molecule has 2 aromatic rings. The Morgan fingerprint density at radius 3 is 2.88 bits per heavy atom. The van der Waals surface area contributed by atoms with Gasteiger partial charge in [0, 0.05) is 38.3 Å². The van der Waals surface area contributed by atoms with Crippen LogP contribution >= 0.6 is 0 Å². The fourth-order valence-corrected chi connectivity index (χ4v) is 3.26. The summed E-state index contributed by atoms with van der Waals surface area (Å²) in [6, 6.07) is 5.51. The summed E-state index contributed by atoms with van der Waals surface area (Å²) in [7, 11) is 0. The van der Waals surface area contributed by atoms with Crippen molar-refractivity contribution in [1.29, 1.82) is 0 Å². The van der Waals surface area contributed by atoms with Crippen LogP contribution in [-0.2, 0) is 0 Å². The van der Waals surface area contributed by atoms with Gasteiger partial charge in [0.2, 0.25) is 5.89 Å². The zero-order chi connectivity index (χ0) is 17.2. The third-order valence-electron chi connectivity index (χ3n) is 5.01. The van der Waals surface area contributed by atoms with E-state index in [9.17, 15) is 4.79 Å². The van der Waals surface area contributed by atoms with Gasteiger partial charge in [0.1, 0.15) is 5.69 Å². The third-order valence-corrected chi connectivity index (χ3v) is 5.01. The van der Waals surface area contributed by atoms with Crippen molar-refractivity contribution in [2.24, 2.45) is 0 Å². The van der Waals surface area contributed by atoms with E-state index >= 15 is 0 Å². The molecule has 0 radical (unpaired) electrons. The fourth-order valence-electron chi connectivity index (χ4n) is 3.26. The van der Waals surface area contributed by atoms with Crippen LogP contribution in [-0.4, -0.2) is 57.0 Å². The average molecular weight is 341 g/mol. The lowest BCUT2D eigenvalue weighted by molar-refractivity contribution is 0.0751. The summed E-state index contributed by atoms with van der Waals surface area (Å²) in [5, 5.41) is 4.11. The largest absolute Gasteiger partial charge is 0.338 e. The Balaban J connectivity index is 1.39. The Labute approximate surface area is 147 Å². The van der Waals surface area contributed by atoms with Gasteiger partial charge in [-0.1, -0.05) is 11.2 Å². The molecule has 132 valence electrons. The lowest BCUT2D eigenvalue weighted by Gasteiger charge is -2.25. The Hall–Kier alpha value is -2.28. The SMILES string of the molecule is C[C@H](c1nc(C2CC2)no1)N1CCCN(C(=O)c2ccccn2)CC1. The summed E-state index contributed by atoms with van der Waals surface area (Å²) < 4.78 is 5.47. The van der Waals surface area contributed by atoms with Crippen LogP contribution in [0.1, 0.15) is 60.3 Å². The lowest BCUT2D eigenvalue weighted by Crippen LogP contribution is -2.36. The maximum absolute atomic E-state index is 12.6. The highest BCUT2D eigenvalue weighted by Gasteiger charge is 2.31. The number of carbonyl (C=O) groups excluding carboxylic acids is 1. The first-order valence-electron chi connectivity index (χ1n) is 9.00. The first kappa shape index (κ1) is 16.2. The molecule has 4 rings (SSSR count). The molecule has 1 saturated heterocycles. The normalized spacial score (nSPS) is 20.3. The van der Waals surface area contributed by atoms with E-state index in [1.165, 1.54) is 12.8 Å². The molecule has 0 aromatic carbocycles. The maximum atomic E-state index is 12.6. The average Bonchev–Trinajstić information content (AvgIpc) is 3.43. The highest BCUT2D eigenvalue weighted by atomic mass is 16.5. The number of aromatic nitrogens is 3. The summed E-state index contributed by atoms with van der Waals surface area (Å²) in [4.78, 5) is 25.5. The summed E-state index contributed by atoms with van der Waals surface area (Å²) in [6.07, 6.45) is 4.92. The first-order chi connectivity index (χ1) is 12.2. The maximum Gasteiger partial charge on any atom is 0.272 e. The van der Waals surface area contributed by atoms with Crippen molar-refractivity contribution in [2.75, 3.05) is 26.2 Å². The highest BCUT2D eigenvalue weighted by Crippen LogP contribution is 2.38. The molecule has 2 aliphatic rings. The number of carbonyl (C=O) groups is 1. The molecule has 2 aromatic heterocycles. The van der Waals surface area contributed by atoms with Gasteiger partial charge in [-0.25, -0.2) is 0 Å². The van der Waals surface area contributed by atoms with Gasteiger partial charge in [-0.15, -0.1) is 0 Å². The summed E-state index contributed by atoms with van der Waals surface area (Å²) in [5.41, 5.74) is 0.509. The number of amides is 1. The van der Waals surface area contributed by atoms with E-state index < -0.39 is 0 Å². The molecule has 7 heteroatoms. The van der Waals surface area contributed by atoms with Crippen LogP contribution in [0.15, 0.2) is 28.9 Å². The van der Waals surface area contributed by atoms with Crippen molar-refractivity contribution in [2.45, 2.75) is 38.1 Å². The van der Waals surface area contributed by atoms with Gasteiger partial charge < -0.3 is 9.42 Å². The van der Waals surface area contributed by atoms with Gasteiger partial charge in [-0.3, -0.25) is 14.7 Å². The quantitative estimate of drug-likeness (QED) is 0.849. The van der Waals surface area contributed by atoms with Gasteiger partial charge in [0.15, 0.2) is 5.82 Å². The molecule has 1 aliphatic carbocycles. The van der Waals surface area contributed by atoms with Crippen LogP contribution in [0.2, 0.25) is 0 Å². The predicted molar refractivity (Wildman–Crippen MR) is 91.0 cm³/mol. The van der Waals surface area contributed by atoms with E-state index in [2.05, 4.69) is 26.9 Å². The highest BCUT2D eigenvalue weighted by molar-refractivity contribution is 5.92. The molecular weight excluding hydrogens is 318 g/mol. The van der Waals surface area contributed by atoms with Crippen molar-refractivity contribution < 1.29 is 9.32 Å². The smallest absolute Gasteiger partial charge is 0.272 e. The molecular formula is C18H23N5O2. The fraction of sp³-hybridized carbons (Fsp3) is 0.556. The van der Waals surface area contributed by atoms with Crippen LogP contribution in [0.5, 0.6) is 0 Å². The third kappa shape index (κ3) is 3.56. The minimum absolute atomic E-state index is 0.00362. The lowest BCUT2D eigenvalue weighted by atomic mass is 10.2. The van der Waals surface area contributed by atoms with Crippen molar-refractivity contribution in [3.8, 4) is 0 Å². The molecule has 0 bridgehead atoms. The van der Waals surface area contributed by atoms with Gasteiger partial charge in [0.05, 0.1) is 6.04 Å². The number of hydrogen-bond acceptors (Lipinski definition) is 6. The zero-order valence-corrected chi connectivity index (χ0v) is 14.5. The van der Waals surface area contributed by atoms with Crippen molar-refractivity contribution in [3.05, 3.63) is 41.8 Å². The van der Waals surface area contributed by atoms with Crippen LogP contribution in [0.3, 0.4) is 0 Å². The number of pyridine rings is 1. The van der Waals surface area contributed by atoms with Crippen LogP contribution in [0.25, 0.3) is 0 Å². The van der Waals surface area contributed by atoms with Crippen molar-refractivity contribution in [3.63, 3.8) is 0 Å². The Morgan fingerprint density at radius 1 is 1.24 bits per heavy atom. The predicted octanol–water partition coefficient (Wildman–Crippen LogP) is 2.25. The Bertz CT molecular complexity index is 728. The van der Waals surface area contributed by atoms with Gasteiger partial charge >= 0.3 is 0 Å². The van der Waals surface area contributed by atoms with Gasteiger partial charge in [-0.05, 0) is 38.3 Å². The molecule has 1 saturated carbocycles. The molecule has 3 heterocycles. The van der Waals surface area contributed by atoms with E-state index in [1.54, 1.807) is 12.3 Å². The second-order valence-electron chi connectivity index (χ2n) is 6.84. The van der Waals surface area contributed by atoms with Crippen LogP contribution in [0.4, 0.5) is 0 Å². The molecule has 25 heavy (non-hydrogen) atoms. The number of hydrogen-bond donors (Lipinski definition) is 0. The van der Waals surface area contributed by atoms with Crippen LogP contribution in [0, 0.1) is 0 Å². The van der Waals surface area contributed by atoms with E-state index in [-0.39, 0.29) is 11.9 Å². The number of rotatable bonds is 4. The zero-order valence-electron chi connectivity index (χ0n) is 14.5. The van der Waals surface area contributed by atoms with Crippen molar-refractivity contribution in [1.82, 2.24) is 24.9 Å². The minimum Gasteiger partial charge on any atom is -0.338 e. The molecule has 1 atom stereocenters. The molecule has 7 nitrogen and oxygen atoms in total. The number of nitrogens with zero attached hydrogens (tertiary/aromatic N) is 5. The molecule has 0 spiro atoms. The second-order valence-corrected chi connectivity index (χ2v) is 6.84. The van der Waals surface area contributed by atoms with Crippen LogP contribution < -0.4 is 0 Å².